The molecule has 2 aromatic rings. The Morgan fingerprint density at radius 1 is 1.29 bits per heavy atom. The number of benzene rings is 1. The average Bonchev–Trinajstić information content (AvgIpc) is 2.80. The van der Waals surface area contributed by atoms with Gasteiger partial charge < -0.3 is 5.73 Å². The number of anilines is 1. The summed E-state index contributed by atoms with van der Waals surface area (Å²) in [7, 11) is 0. The summed E-state index contributed by atoms with van der Waals surface area (Å²) in [5.41, 5.74) is 7.05. The van der Waals surface area contributed by atoms with Crippen LogP contribution >= 0.6 is 23.2 Å². The Morgan fingerprint density at radius 3 is 2.57 bits per heavy atom. The third-order valence-corrected chi connectivity index (χ3v) is 4.75. The van der Waals surface area contributed by atoms with Crippen molar-refractivity contribution in [2.45, 2.75) is 34.2 Å². The van der Waals surface area contributed by atoms with Crippen molar-refractivity contribution >= 4 is 28.9 Å². The molecule has 2 N–H and O–H groups in total. The number of nitrogens with zero attached hydrogens (tertiary/aromatic N) is 4. The first-order valence-corrected chi connectivity index (χ1v) is 7.49. The lowest BCUT2D eigenvalue weighted by atomic mass is 9.81. The average molecular weight is 328 g/mol. The van der Waals surface area contributed by atoms with Crippen LogP contribution in [0.15, 0.2) is 12.1 Å². The number of rotatable bonds is 4. The van der Waals surface area contributed by atoms with E-state index in [9.17, 15) is 0 Å². The molecule has 0 saturated heterocycles. The number of aromatic nitrogens is 4. The highest BCUT2D eigenvalue weighted by Gasteiger charge is 2.26. The van der Waals surface area contributed by atoms with Crippen LogP contribution in [0.5, 0.6) is 0 Å². The summed E-state index contributed by atoms with van der Waals surface area (Å²) in [6.45, 7) is 9.38. The molecule has 114 valence electrons. The van der Waals surface area contributed by atoms with E-state index < -0.39 is 0 Å². The summed E-state index contributed by atoms with van der Waals surface area (Å²) in [5, 5.41) is 12.7. The first-order valence-electron chi connectivity index (χ1n) is 6.73. The monoisotopic (exact) mass is 327 g/mol. The van der Waals surface area contributed by atoms with Crippen molar-refractivity contribution in [3.05, 3.63) is 22.2 Å². The van der Waals surface area contributed by atoms with Gasteiger partial charge in [-0.3, -0.25) is 0 Å². The van der Waals surface area contributed by atoms with Crippen molar-refractivity contribution < 1.29 is 0 Å². The lowest BCUT2D eigenvalue weighted by Gasteiger charge is -2.29. The largest absolute Gasteiger partial charge is 0.399 e. The minimum absolute atomic E-state index is 0.0424. The van der Waals surface area contributed by atoms with E-state index in [4.69, 9.17) is 28.9 Å². The summed E-state index contributed by atoms with van der Waals surface area (Å²) < 4.78 is 1.75. The lowest BCUT2D eigenvalue weighted by molar-refractivity contribution is 0.200. The van der Waals surface area contributed by atoms with Crippen LogP contribution in [-0.2, 0) is 6.54 Å². The third kappa shape index (κ3) is 3.30. The standard InChI is InChI=1S/C14H19Cl2N5/c1-8(2)14(3,4)7-21-13(18-19-20-21)10-5-9(17)6-11(15)12(10)16/h5-6,8H,7,17H2,1-4H3. The summed E-state index contributed by atoms with van der Waals surface area (Å²) in [6.07, 6.45) is 0. The number of nitrogens with two attached hydrogens (primary N) is 1. The van der Waals surface area contributed by atoms with E-state index in [2.05, 4.69) is 43.2 Å². The van der Waals surface area contributed by atoms with Gasteiger partial charge in [0.05, 0.1) is 16.6 Å². The molecule has 0 bridgehead atoms. The smallest absolute Gasteiger partial charge is 0.183 e. The van der Waals surface area contributed by atoms with Crippen LogP contribution in [0.4, 0.5) is 5.69 Å². The van der Waals surface area contributed by atoms with E-state index in [0.717, 1.165) is 0 Å². The molecule has 5 nitrogen and oxygen atoms in total. The second-order valence-corrected chi connectivity index (χ2v) is 6.95. The molecule has 1 aromatic carbocycles. The van der Waals surface area contributed by atoms with Crippen LogP contribution in [0, 0.1) is 11.3 Å². The fraction of sp³-hybridized carbons (Fsp3) is 0.500. The second kappa shape index (κ2) is 5.81. The van der Waals surface area contributed by atoms with Gasteiger partial charge in [-0.05, 0) is 33.9 Å². The summed E-state index contributed by atoms with van der Waals surface area (Å²) in [5.74, 6) is 1.05. The van der Waals surface area contributed by atoms with Crippen LogP contribution < -0.4 is 5.73 Å². The number of hydrogen-bond acceptors (Lipinski definition) is 4. The van der Waals surface area contributed by atoms with E-state index in [-0.39, 0.29) is 5.41 Å². The number of nitrogen functional groups attached to an aromatic ring is 1. The highest BCUT2D eigenvalue weighted by atomic mass is 35.5. The van der Waals surface area contributed by atoms with E-state index in [1.165, 1.54) is 0 Å². The van der Waals surface area contributed by atoms with Gasteiger partial charge in [-0.25, -0.2) is 4.68 Å². The summed E-state index contributed by atoms with van der Waals surface area (Å²) >= 11 is 12.3. The summed E-state index contributed by atoms with van der Waals surface area (Å²) in [4.78, 5) is 0. The molecule has 0 unspecified atom stereocenters. The van der Waals surface area contributed by atoms with Crippen molar-refractivity contribution in [2.24, 2.45) is 11.3 Å². The van der Waals surface area contributed by atoms with E-state index >= 15 is 0 Å². The Morgan fingerprint density at radius 2 is 1.95 bits per heavy atom. The molecule has 0 saturated carbocycles. The molecule has 0 aliphatic carbocycles. The van der Waals surface area contributed by atoms with Gasteiger partial charge in [-0.15, -0.1) is 5.10 Å². The fourth-order valence-corrected chi connectivity index (χ4v) is 2.27. The van der Waals surface area contributed by atoms with Crippen molar-refractivity contribution in [1.29, 1.82) is 0 Å². The van der Waals surface area contributed by atoms with Crippen LogP contribution in [0.2, 0.25) is 10.0 Å². The predicted molar refractivity (Wildman–Crippen MR) is 86.3 cm³/mol. The first kappa shape index (κ1) is 16.0. The third-order valence-electron chi connectivity index (χ3n) is 3.94. The molecule has 1 heterocycles. The maximum absolute atomic E-state index is 6.27. The van der Waals surface area contributed by atoms with E-state index in [1.807, 2.05) is 0 Å². The van der Waals surface area contributed by atoms with Crippen LogP contribution in [0.1, 0.15) is 27.7 Å². The molecule has 2 rings (SSSR count). The molecular weight excluding hydrogens is 309 g/mol. The maximum atomic E-state index is 6.27. The quantitative estimate of drug-likeness (QED) is 0.864. The molecule has 0 radical (unpaired) electrons. The molecule has 21 heavy (non-hydrogen) atoms. The van der Waals surface area contributed by atoms with Crippen LogP contribution in [0.25, 0.3) is 11.4 Å². The molecular formula is C14H19Cl2N5. The minimum atomic E-state index is 0.0424. The topological polar surface area (TPSA) is 69.6 Å². The number of halogens is 2. The molecule has 0 spiro atoms. The van der Waals surface area contributed by atoms with Gasteiger partial charge in [0.15, 0.2) is 5.82 Å². The zero-order valence-electron chi connectivity index (χ0n) is 12.6. The first-order chi connectivity index (χ1) is 9.72. The van der Waals surface area contributed by atoms with Crippen molar-refractivity contribution in [2.75, 3.05) is 5.73 Å². The Hall–Kier alpha value is -1.33. The number of tetrazole rings is 1. The van der Waals surface area contributed by atoms with Gasteiger partial charge in [0.1, 0.15) is 0 Å². The molecule has 0 atom stereocenters. The highest BCUT2D eigenvalue weighted by Crippen LogP contribution is 2.36. The zero-order chi connectivity index (χ0) is 15.8. The van der Waals surface area contributed by atoms with Gasteiger partial charge in [-0.2, -0.15) is 0 Å². The van der Waals surface area contributed by atoms with Gasteiger partial charge in [0, 0.05) is 11.3 Å². The summed E-state index contributed by atoms with van der Waals surface area (Å²) in [6, 6.07) is 3.35. The Balaban J connectivity index is 2.47. The maximum Gasteiger partial charge on any atom is 0.183 e. The van der Waals surface area contributed by atoms with Crippen molar-refractivity contribution in [3.8, 4) is 11.4 Å². The van der Waals surface area contributed by atoms with Gasteiger partial charge in [0.2, 0.25) is 0 Å². The van der Waals surface area contributed by atoms with E-state index in [1.54, 1.807) is 16.8 Å². The molecule has 0 aliphatic heterocycles. The SMILES string of the molecule is CC(C)C(C)(C)Cn1nnnc1-c1cc(N)cc(Cl)c1Cl. The van der Waals surface area contributed by atoms with Gasteiger partial charge >= 0.3 is 0 Å². The fourth-order valence-electron chi connectivity index (χ4n) is 1.85. The Kier molecular flexibility index (Phi) is 4.44. The highest BCUT2D eigenvalue weighted by molar-refractivity contribution is 6.43. The van der Waals surface area contributed by atoms with Gasteiger partial charge in [0.25, 0.3) is 0 Å². The normalized spacial score (nSPS) is 12.1. The molecule has 0 aliphatic rings. The number of hydrogen-bond donors (Lipinski definition) is 1. The van der Waals surface area contributed by atoms with Gasteiger partial charge in [-0.1, -0.05) is 50.9 Å². The molecule has 0 amide bonds. The molecule has 7 heteroatoms. The Bertz CT molecular complexity index is 649. The van der Waals surface area contributed by atoms with E-state index in [0.29, 0.717) is 39.6 Å². The van der Waals surface area contributed by atoms with Crippen molar-refractivity contribution in [1.82, 2.24) is 20.2 Å². The zero-order valence-corrected chi connectivity index (χ0v) is 14.1. The second-order valence-electron chi connectivity index (χ2n) is 6.17. The lowest BCUT2D eigenvalue weighted by Crippen LogP contribution is -2.26. The van der Waals surface area contributed by atoms with Crippen molar-refractivity contribution in [3.63, 3.8) is 0 Å². The Labute approximate surface area is 134 Å². The van der Waals surface area contributed by atoms with Crippen LogP contribution in [0.3, 0.4) is 0 Å². The molecule has 0 fully saturated rings. The molecule has 1 aromatic heterocycles. The predicted octanol–water partition coefficient (Wildman–Crippen LogP) is 3.91. The minimum Gasteiger partial charge on any atom is -0.399 e. The van der Waals surface area contributed by atoms with Crippen LogP contribution in [-0.4, -0.2) is 20.2 Å².